The summed E-state index contributed by atoms with van der Waals surface area (Å²) in [5.41, 5.74) is 11.2. The van der Waals surface area contributed by atoms with Gasteiger partial charge in [0.15, 0.2) is 0 Å². The van der Waals surface area contributed by atoms with Crippen molar-refractivity contribution in [2.24, 2.45) is 0 Å². The second-order valence-electron chi connectivity index (χ2n) is 12.8. The second kappa shape index (κ2) is 9.96. The number of hydrogen-bond donors (Lipinski definition) is 0. The molecular formula is C46H26O3. The zero-order valence-electron chi connectivity index (χ0n) is 26.2. The van der Waals surface area contributed by atoms with Gasteiger partial charge in [0.05, 0.1) is 11.6 Å². The van der Waals surface area contributed by atoms with Crippen LogP contribution in [0.25, 0.3) is 110 Å². The number of hydrogen-bond acceptors (Lipinski definition) is 3. The zero-order chi connectivity index (χ0) is 32.1. The highest BCUT2D eigenvalue weighted by atomic mass is 16.3. The van der Waals surface area contributed by atoms with Crippen LogP contribution in [0.1, 0.15) is 0 Å². The molecule has 0 amide bonds. The highest BCUT2D eigenvalue weighted by Crippen LogP contribution is 2.46. The molecule has 0 fully saturated rings. The van der Waals surface area contributed by atoms with Crippen molar-refractivity contribution in [3.8, 4) is 33.4 Å². The molecule has 3 nitrogen and oxygen atoms in total. The van der Waals surface area contributed by atoms with Gasteiger partial charge >= 0.3 is 0 Å². The van der Waals surface area contributed by atoms with Gasteiger partial charge in [0.25, 0.3) is 0 Å². The van der Waals surface area contributed by atoms with E-state index in [4.69, 9.17) is 13.3 Å². The van der Waals surface area contributed by atoms with E-state index >= 15 is 0 Å². The van der Waals surface area contributed by atoms with Gasteiger partial charge in [-0.25, -0.2) is 0 Å². The summed E-state index contributed by atoms with van der Waals surface area (Å²) >= 11 is 0. The van der Waals surface area contributed by atoms with Crippen LogP contribution in [-0.2, 0) is 0 Å². The molecule has 0 N–H and O–H groups in total. The van der Waals surface area contributed by atoms with Crippen molar-refractivity contribution in [2.75, 3.05) is 0 Å². The van der Waals surface area contributed by atoms with E-state index in [0.29, 0.717) is 0 Å². The normalized spacial score (nSPS) is 12.1. The summed E-state index contributed by atoms with van der Waals surface area (Å²) in [5, 5.41) is 10.2. The molecular weight excluding hydrogens is 601 g/mol. The summed E-state index contributed by atoms with van der Waals surface area (Å²) in [5.74, 6) is 0. The molecule has 0 unspecified atom stereocenters. The van der Waals surface area contributed by atoms with Gasteiger partial charge in [-0.05, 0) is 91.8 Å². The number of benzene rings is 8. The Morgan fingerprint density at radius 2 is 0.837 bits per heavy atom. The molecule has 3 heteroatoms. The zero-order valence-corrected chi connectivity index (χ0v) is 26.2. The van der Waals surface area contributed by atoms with E-state index in [2.05, 4.69) is 133 Å². The molecule has 228 valence electrons. The van der Waals surface area contributed by atoms with Crippen LogP contribution >= 0.6 is 0 Å². The third kappa shape index (κ3) is 3.78. The summed E-state index contributed by atoms with van der Waals surface area (Å²) in [6.45, 7) is 0. The average molecular weight is 627 g/mol. The third-order valence-electron chi connectivity index (χ3n) is 10.1. The minimum atomic E-state index is 0.819. The van der Waals surface area contributed by atoms with Crippen LogP contribution in [0.4, 0.5) is 0 Å². The molecule has 0 atom stereocenters. The summed E-state index contributed by atoms with van der Waals surface area (Å²) < 4.78 is 19.1. The number of furan rings is 3. The molecule has 11 rings (SSSR count). The molecule has 0 saturated heterocycles. The van der Waals surface area contributed by atoms with E-state index < -0.39 is 0 Å². The Morgan fingerprint density at radius 3 is 1.51 bits per heavy atom. The lowest BCUT2D eigenvalue weighted by Gasteiger charge is -2.17. The van der Waals surface area contributed by atoms with Crippen LogP contribution in [0.15, 0.2) is 171 Å². The Kier molecular flexibility index (Phi) is 5.38. The van der Waals surface area contributed by atoms with Crippen molar-refractivity contribution in [2.45, 2.75) is 0 Å². The van der Waals surface area contributed by atoms with Gasteiger partial charge in [-0.3, -0.25) is 0 Å². The molecule has 0 spiro atoms. The van der Waals surface area contributed by atoms with Gasteiger partial charge in [-0.2, -0.15) is 0 Å². The van der Waals surface area contributed by atoms with E-state index in [0.717, 1.165) is 77.1 Å². The number of para-hydroxylation sites is 1. The van der Waals surface area contributed by atoms with Crippen LogP contribution in [0.2, 0.25) is 0 Å². The Bertz CT molecular complexity index is 3040. The van der Waals surface area contributed by atoms with Gasteiger partial charge in [-0.15, -0.1) is 0 Å². The maximum atomic E-state index is 6.55. The Balaban J connectivity index is 1.14. The standard InChI is InChI=1S/C46H26O3/c1-2-10-27(11-3-1)38-26-47-46-36(38)22-23-40-45(46)37-21-19-29(25-42(37)49-40)44-34-15-6-4-13-32(34)43(33-14-5-7-16-35(33)44)28-18-20-31-30-12-8-9-17-39(30)48-41(31)24-28/h1-26H. The fourth-order valence-electron chi connectivity index (χ4n) is 7.98. The molecule has 0 radical (unpaired) electrons. The van der Waals surface area contributed by atoms with Crippen LogP contribution < -0.4 is 0 Å². The number of fused-ring (bicyclic) bond motifs is 10. The molecule has 0 aliphatic heterocycles. The second-order valence-corrected chi connectivity index (χ2v) is 12.8. The van der Waals surface area contributed by atoms with Crippen molar-refractivity contribution in [3.63, 3.8) is 0 Å². The lowest BCUT2D eigenvalue weighted by atomic mass is 9.85. The first-order valence-electron chi connectivity index (χ1n) is 16.6. The molecule has 3 aromatic heterocycles. The van der Waals surface area contributed by atoms with Crippen molar-refractivity contribution in [1.82, 2.24) is 0 Å². The molecule has 3 heterocycles. The van der Waals surface area contributed by atoms with Crippen molar-refractivity contribution < 1.29 is 13.3 Å². The van der Waals surface area contributed by atoms with Crippen molar-refractivity contribution in [3.05, 3.63) is 158 Å². The first-order valence-corrected chi connectivity index (χ1v) is 16.6. The highest BCUT2D eigenvalue weighted by molar-refractivity contribution is 6.23. The van der Waals surface area contributed by atoms with Crippen LogP contribution in [0.3, 0.4) is 0 Å². The minimum Gasteiger partial charge on any atom is -0.463 e. The maximum Gasteiger partial charge on any atom is 0.146 e. The molecule has 0 aliphatic carbocycles. The number of rotatable bonds is 3. The largest absolute Gasteiger partial charge is 0.463 e. The smallest absolute Gasteiger partial charge is 0.146 e. The Labute approximate surface area is 280 Å². The molecule has 0 bridgehead atoms. The van der Waals surface area contributed by atoms with E-state index in [1.807, 2.05) is 24.5 Å². The molecule has 8 aromatic carbocycles. The monoisotopic (exact) mass is 626 g/mol. The molecule has 0 aliphatic rings. The van der Waals surface area contributed by atoms with Crippen LogP contribution in [0, 0.1) is 0 Å². The van der Waals surface area contributed by atoms with Gasteiger partial charge in [-0.1, -0.05) is 109 Å². The van der Waals surface area contributed by atoms with E-state index in [1.165, 1.54) is 32.7 Å². The minimum absolute atomic E-state index is 0.819. The topological polar surface area (TPSA) is 39.4 Å². The Hall–Kier alpha value is -6.58. The lowest BCUT2D eigenvalue weighted by Crippen LogP contribution is -1.90. The van der Waals surface area contributed by atoms with Gasteiger partial charge < -0.3 is 13.3 Å². The van der Waals surface area contributed by atoms with E-state index in [1.54, 1.807) is 0 Å². The quantitative estimate of drug-likeness (QED) is 0.183. The fourth-order valence-corrected chi connectivity index (χ4v) is 7.98. The van der Waals surface area contributed by atoms with E-state index in [9.17, 15) is 0 Å². The first-order chi connectivity index (χ1) is 24.3. The van der Waals surface area contributed by atoms with Crippen LogP contribution in [-0.4, -0.2) is 0 Å². The highest BCUT2D eigenvalue weighted by Gasteiger charge is 2.20. The molecule has 0 saturated carbocycles. The molecule has 49 heavy (non-hydrogen) atoms. The predicted octanol–water partition coefficient (Wildman–Crippen LogP) is 13.5. The van der Waals surface area contributed by atoms with Gasteiger partial charge in [0, 0.05) is 27.1 Å². The first kappa shape index (κ1) is 26.5. The predicted molar refractivity (Wildman–Crippen MR) is 202 cm³/mol. The lowest BCUT2D eigenvalue weighted by molar-refractivity contribution is 0.619. The summed E-state index contributed by atoms with van der Waals surface area (Å²) in [6, 6.07) is 53.5. The summed E-state index contributed by atoms with van der Waals surface area (Å²) in [4.78, 5) is 0. The van der Waals surface area contributed by atoms with E-state index in [-0.39, 0.29) is 0 Å². The van der Waals surface area contributed by atoms with Crippen LogP contribution in [0.5, 0.6) is 0 Å². The third-order valence-corrected chi connectivity index (χ3v) is 10.1. The van der Waals surface area contributed by atoms with Gasteiger partial charge in [0.1, 0.15) is 27.9 Å². The SMILES string of the molecule is c1ccc(-c2coc3c2ccc2oc4cc(-c5c6ccccc6c(-c6ccc7c(c6)oc6ccccc67)c6ccccc56)ccc4c23)cc1. The van der Waals surface area contributed by atoms with Gasteiger partial charge in [0.2, 0.25) is 0 Å². The fraction of sp³-hybridized carbons (Fsp3) is 0. The van der Waals surface area contributed by atoms with Crippen molar-refractivity contribution in [1.29, 1.82) is 0 Å². The summed E-state index contributed by atoms with van der Waals surface area (Å²) in [7, 11) is 0. The van der Waals surface area contributed by atoms with Crippen molar-refractivity contribution >= 4 is 76.4 Å². The average Bonchev–Trinajstić information content (AvgIpc) is 3.86. The summed E-state index contributed by atoms with van der Waals surface area (Å²) in [6.07, 6.45) is 1.86. The maximum absolute atomic E-state index is 6.55. The molecule has 11 aromatic rings. The Morgan fingerprint density at radius 1 is 0.327 bits per heavy atom.